The maximum absolute atomic E-state index is 14.5. The highest BCUT2D eigenvalue weighted by molar-refractivity contribution is 5.92. The number of pyridine rings is 1. The number of hydrogen-bond acceptors (Lipinski definition) is 4. The molecule has 5 nitrogen and oxygen atoms in total. The molecule has 0 bridgehead atoms. The fourth-order valence-electron chi connectivity index (χ4n) is 3.95. The molecule has 0 atom stereocenters. The maximum atomic E-state index is 14.5. The van der Waals surface area contributed by atoms with Crippen LogP contribution in [0.2, 0.25) is 0 Å². The number of fused-ring (bicyclic) bond motifs is 1. The van der Waals surface area contributed by atoms with Crippen molar-refractivity contribution in [1.29, 1.82) is 0 Å². The summed E-state index contributed by atoms with van der Waals surface area (Å²) in [6.07, 6.45) is 6.95. The molecule has 0 radical (unpaired) electrons. The molecule has 0 unspecified atom stereocenters. The number of allylic oxidation sites excluding steroid dienone is 5. The second-order valence-electron chi connectivity index (χ2n) is 8.40. The molecule has 0 fully saturated rings. The number of nitrogens with two attached hydrogens (primary N) is 1. The molecule has 182 valence electrons. The molecule has 0 aliphatic carbocycles. The Bertz CT molecular complexity index is 1490. The number of hydrogen-bond donors (Lipinski definition) is 3. The lowest BCUT2D eigenvalue weighted by atomic mass is 10.0. The van der Waals surface area contributed by atoms with Crippen molar-refractivity contribution in [1.82, 2.24) is 20.3 Å². The van der Waals surface area contributed by atoms with Crippen LogP contribution in [0.25, 0.3) is 27.7 Å². The van der Waals surface area contributed by atoms with E-state index < -0.39 is 0 Å². The molecule has 0 spiro atoms. The van der Waals surface area contributed by atoms with E-state index >= 15 is 0 Å². The van der Waals surface area contributed by atoms with Crippen molar-refractivity contribution in [3.05, 3.63) is 120 Å². The maximum Gasteiger partial charge on any atom is 0.131 e. The first-order valence-corrected chi connectivity index (χ1v) is 11.9. The summed E-state index contributed by atoms with van der Waals surface area (Å²) >= 11 is 0. The number of nitrogens with one attached hydrogen (secondary N) is 2. The second kappa shape index (κ2) is 10.9. The van der Waals surface area contributed by atoms with E-state index in [1.165, 1.54) is 6.07 Å². The van der Waals surface area contributed by atoms with Crippen molar-refractivity contribution in [2.75, 3.05) is 5.73 Å². The minimum atomic E-state index is -0.281. The first-order valence-electron chi connectivity index (χ1n) is 11.9. The van der Waals surface area contributed by atoms with E-state index in [0.29, 0.717) is 34.7 Å². The summed E-state index contributed by atoms with van der Waals surface area (Å²) in [5, 5.41) is 3.27. The van der Waals surface area contributed by atoms with E-state index in [9.17, 15) is 4.39 Å². The van der Waals surface area contributed by atoms with Crippen LogP contribution in [-0.4, -0.2) is 15.0 Å². The smallest absolute Gasteiger partial charge is 0.131 e. The number of aromatic nitrogens is 3. The fourth-order valence-corrected chi connectivity index (χ4v) is 3.95. The van der Waals surface area contributed by atoms with Crippen molar-refractivity contribution in [2.45, 2.75) is 26.7 Å². The number of anilines is 1. The van der Waals surface area contributed by atoms with Gasteiger partial charge in [-0.3, -0.25) is 4.98 Å². The molecule has 2 aromatic heterocycles. The Labute approximate surface area is 211 Å². The van der Waals surface area contributed by atoms with Crippen LogP contribution >= 0.6 is 0 Å². The third-order valence-electron chi connectivity index (χ3n) is 5.96. The van der Waals surface area contributed by atoms with E-state index in [-0.39, 0.29) is 5.82 Å². The van der Waals surface area contributed by atoms with Gasteiger partial charge in [0.25, 0.3) is 0 Å². The highest BCUT2D eigenvalue weighted by atomic mass is 19.1. The number of halogens is 1. The molecule has 2 heterocycles. The number of nitrogens with zero attached hydrogens (tertiary/aromatic N) is 2. The second-order valence-corrected chi connectivity index (χ2v) is 8.40. The summed E-state index contributed by atoms with van der Waals surface area (Å²) in [4.78, 5) is 13.0. The Kier molecular flexibility index (Phi) is 7.44. The highest BCUT2D eigenvalue weighted by Gasteiger charge is 2.14. The van der Waals surface area contributed by atoms with Gasteiger partial charge in [0.15, 0.2) is 0 Å². The standard InChI is InChI=1S/C30H30FN5/c1-5-19(4)33-21(7-3)17-20(6-2)26-16-15-25(32)28(34-26)18-29-35-27-14-10-12-23(30(27)36-29)22-11-8-9-13-24(22)31/h6-17,33H,3-5,18,32H2,1-2H3,(H,35,36)/b20-6+,21-17+. The molecule has 0 aliphatic rings. The lowest BCUT2D eigenvalue weighted by molar-refractivity contribution is 0.631. The lowest BCUT2D eigenvalue weighted by Gasteiger charge is -2.11. The van der Waals surface area contributed by atoms with Crippen molar-refractivity contribution < 1.29 is 4.39 Å². The number of nitrogen functional groups attached to an aromatic ring is 1. The number of benzene rings is 2. The van der Waals surface area contributed by atoms with Gasteiger partial charge in [-0.1, -0.05) is 56.5 Å². The Hall–Kier alpha value is -4.45. The zero-order valence-corrected chi connectivity index (χ0v) is 20.6. The Balaban J connectivity index is 1.67. The van der Waals surface area contributed by atoms with Crippen LogP contribution in [0.15, 0.2) is 97.4 Å². The van der Waals surface area contributed by atoms with Crippen LogP contribution in [-0.2, 0) is 6.42 Å². The first kappa shape index (κ1) is 24.7. The van der Waals surface area contributed by atoms with Crippen LogP contribution in [0, 0.1) is 5.82 Å². The zero-order chi connectivity index (χ0) is 25.7. The Morgan fingerprint density at radius 2 is 1.86 bits per heavy atom. The van der Waals surface area contributed by atoms with Gasteiger partial charge in [0, 0.05) is 22.5 Å². The molecule has 36 heavy (non-hydrogen) atoms. The fraction of sp³-hybridized carbons (Fsp3) is 0.133. The number of rotatable bonds is 9. The molecule has 0 amide bonds. The summed E-state index contributed by atoms with van der Waals surface area (Å²) in [7, 11) is 0. The molecular formula is C30H30FN5. The average molecular weight is 480 g/mol. The molecule has 4 rings (SSSR count). The van der Waals surface area contributed by atoms with Gasteiger partial charge in [0.05, 0.1) is 34.5 Å². The number of aromatic amines is 1. The van der Waals surface area contributed by atoms with Crippen LogP contribution < -0.4 is 11.1 Å². The topological polar surface area (TPSA) is 79.6 Å². The summed E-state index contributed by atoms with van der Waals surface area (Å²) in [5.41, 5.74) is 13.8. The van der Waals surface area contributed by atoms with Crippen LogP contribution in [0.1, 0.15) is 37.5 Å². The molecule has 6 heteroatoms. The summed E-state index contributed by atoms with van der Waals surface area (Å²) in [5.74, 6) is 0.423. The minimum Gasteiger partial charge on any atom is -0.397 e. The predicted octanol–water partition coefficient (Wildman–Crippen LogP) is 6.92. The van der Waals surface area contributed by atoms with E-state index in [1.54, 1.807) is 18.2 Å². The van der Waals surface area contributed by atoms with E-state index in [2.05, 4.69) is 23.5 Å². The van der Waals surface area contributed by atoms with Crippen LogP contribution in [0.5, 0.6) is 0 Å². The summed E-state index contributed by atoms with van der Waals surface area (Å²) < 4.78 is 14.5. The normalized spacial score (nSPS) is 12.1. The Morgan fingerprint density at radius 1 is 1.08 bits per heavy atom. The largest absolute Gasteiger partial charge is 0.397 e. The van der Waals surface area contributed by atoms with Crippen molar-refractivity contribution in [2.24, 2.45) is 0 Å². The van der Waals surface area contributed by atoms with Gasteiger partial charge in [-0.05, 0) is 55.3 Å². The highest BCUT2D eigenvalue weighted by Crippen LogP contribution is 2.30. The quantitative estimate of drug-likeness (QED) is 0.228. The molecule has 4 N–H and O–H groups in total. The molecule has 0 saturated carbocycles. The third-order valence-corrected chi connectivity index (χ3v) is 5.96. The van der Waals surface area contributed by atoms with Crippen LogP contribution in [0.4, 0.5) is 10.1 Å². The number of imidazole rings is 1. The van der Waals surface area contributed by atoms with Crippen molar-refractivity contribution >= 4 is 22.3 Å². The van der Waals surface area contributed by atoms with Gasteiger partial charge < -0.3 is 16.0 Å². The molecule has 4 aromatic rings. The monoisotopic (exact) mass is 479 g/mol. The lowest BCUT2D eigenvalue weighted by Crippen LogP contribution is -2.10. The number of H-pyrrole nitrogens is 1. The minimum absolute atomic E-state index is 0.281. The van der Waals surface area contributed by atoms with Gasteiger partial charge >= 0.3 is 0 Å². The van der Waals surface area contributed by atoms with Crippen molar-refractivity contribution in [3.63, 3.8) is 0 Å². The SMILES string of the molecule is C=C/C(=C\C(=C/C)c1ccc(N)c(Cc2nc3c(-c4ccccc4F)cccc3[nH]2)n1)NC(=C)CC. The summed E-state index contributed by atoms with van der Waals surface area (Å²) in [6.45, 7) is 11.9. The average Bonchev–Trinajstić information content (AvgIpc) is 3.31. The molecular weight excluding hydrogens is 449 g/mol. The van der Waals surface area contributed by atoms with Gasteiger partial charge in [0.1, 0.15) is 11.6 Å². The molecule has 0 saturated heterocycles. The molecule has 2 aromatic carbocycles. The van der Waals surface area contributed by atoms with E-state index in [0.717, 1.165) is 40.2 Å². The zero-order valence-electron chi connectivity index (χ0n) is 20.6. The van der Waals surface area contributed by atoms with E-state index in [1.807, 2.05) is 62.4 Å². The van der Waals surface area contributed by atoms with Crippen LogP contribution in [0.3, 0.4) is 0 Å². The van der Waals surface area contributed by atoms with Crippen molar-refractivity contribution in [3.8, 4) is 11.1 Å². The summed E-state index contributed by atoms with van der Waals surface area (Å²) in [6, 6.07) is 16.2. The molecule has 0 aliphatic heterocycles. The van der Waals surface area contributed by atoms with Gasteiger partial charge in [0.2, 0.25) is 0 Å². The Morgan fingerprint density at radius 3 is 2.58 bits per heavy atom. The first-order chi connectivity index (χ1) is 17.4. The predicted molar refractivity (Wildman–Crippen MR) is 147 cm³/mol. The van der Waals surface area contributed by atoms with Gasteiger partial charge in [-0.15, -0.1) is 0 Å². The van der Waals surface area contributed by atoms with Gasteiger partial charge in [-0.25, -0.2) is 9.37 Å². The van der Waals surface area contributed by atoms with E-state index in [4.69, 9.17) is 15.7 Å². The number of para-hydroxylation sites is 1. The van der Waals surface area contributed by atoms with Gasteiger partial charge in [-0.2, -0.15) is 0 Å². The third kappa shape index (κ3) is 5.28.